The van der Waals surface area contributed by atoms with Crippen LogP contribution in [0.3, 0.4) is 0 Å². The fourth-order valence-corrected chi connectivity index (χ4v) is 6.31. The van der Waals surface area contributed by atoms with E-state index in [1.165, 1.54) is 35.7 Å². The number of fused-ring (bicyclic) bond motifs is 1. The molecular weight excluding hydrogens is 534 g/mol. The molecule has 0 bridgehead atoms. The molecule has 0 unspecified atom stereocenters. The topological polar surface area (TPSA) is 97.6 Å². The number of ether oxygens (including phenoxy) is 1. The summed E-state index contributed by atoms with van der Waals surface area (Å²) in [5, 5.41) is 9.36. The zero-order valence-electron chi connectivity index (χ0n) is 21.9. The first-order valence-corrected chi connectivity index (χ1v) is 14.9. The Bertz CT molecular complexity index is 1620. The SMILES string of the molecule is COc1cccc(-n2c(SCC(=O)N3CCCc4ccccc43)nnc2-c2cccc(S(=O)(=O)N(C)C)c2)c1. The number of hydrogen-bond acceptors (Lipinski definition) is 7. The first-order valence-electron chi connectivity index (χ1n) is 12.4. The number of hydrogen-bond donors (Lipinski definition) is 0. The zero-order chi connectivity index (χ0) is 27.6. The summed E-state index contributed by atoms with van der Waals surface area (Å²) in [4.78, 5) is 15.3. The molecule has 0 spiro atoms. The molecule has 1 amide bonds. The van der Waals surface area contributed by atoms with E-state index in [0.29, 0.717) is 28.8 Å². The van der Waals surface area contributed by atoms with Crippen LogP contribution in [-0.2, 0) is 21.2 Å². The van der Waals surface area contributed by atoms with Crippen molar-refractivity contribution in [3.8, 4) is 22.8 Å². The largest absolute Gasteiger partial charge is 0.497 e. The lowest BCUT2D eigenvalue weighted by atomic mass is 10.0. The standard InChI is InChI=1S/C28H29N5O4S2/c1-31(2)39(35,36)24-14-6-10-21(17-24)27-29-30-28(33(27)22-12-7-13-23(18-22)37-3)38-19-26(34)32-16-8-11-20-9-4-5-15-25(20)32/h4-7,9-10,12-15,17-18H,8,11,16,19H2,1-3H3. The predicted molar refractivity (Wildman–Crippen MR) is 152 cm³/mol. The van der Waals surface area contributed by atoms with Crippen LogP contribution in [0.2, 0.25) is 0 Å². The van der Waals surface area contributed by atoms with Crippen molar-refractivity contribution < 1.29 is 17.9 Å². The monoisotopic (exact) mass is 563 g/mol. The van der Waals surface area contributed by atoms with Crippen molar-refractivity contribution in [2.45, 2.75) is 22.9 Å². The van der Waals surface area contributed by atoms with Crippen molar-refractivity contribution in [1.82, 2.24) is 19.1 Å². The Labute approximate surface area is 232 Å². The third-order valence-electron chi connectivity index (χ3n) is 6.55. The van der Waals surface area contributed by atoms with Gasteiger partial charge in [0.1, 0.15) is 5.75 Å². The molecule has 1 aromatic heterocycles. The number of sulfonamides is 1. The predicted octanol–water partition coefficient (Wildman–Crippen LogP) is 4.26. The number of amides is 1. The Balaban J connectivity index is 1.51. The first kappa shape index (κ1) is 26.9. The molecule has 9 nitrogen and oxygen atoms in total. The molecule has 0 aliphatic carbocycles. The van der Waals surface area contributed by atoms with E-state index in [0.717, 1.165) is 24.2 Å². The van der Waals surface area contributed by atoms with Gasteiger partial charge in [0.25, 0.3) is 0 Å². The van der Waals surface area contributed by atoms with Gasteiger partial charge in [0.2, 0.25) is 15.9 Å². The minimum atomic E-state index is -3.65. The van der Waals surface area contributed by atoms with Crippen LogP contribution in [0.25, 0.3) is 17.1 Å². The van der Waals surface area contributed by atoms with Crippen LogP contribution in [-0.4, -0.2) is 66.9 Å². The van der Waals surface area contributed by atoms with E-state index < -0.39 is 10.0 Å². The Morgan fingerprint density at radius 1 is 1.03 bits per heavy atom. The number of methoxy groups -OCH3 is 1. The second-order valence-corrected chi connectivity index (χ2v) is 12.3. The molecule has 4 aromatic rings. The maximum atomic E-state index is 13.3. The summed E-state index contributed by atoms with van der Waals surface area (Å²) in [6.07, 6.45) is 1.88. The minimum absolute atomic E-state index is 0.00651. The summed E-state index contributed by atoms with van der Waals surface area (Å²) in [5.74, 6) is 1.27. The van der Waals surface area contributed by atoms with Crippen LogP contribution in [0.5, 0.6) is 5.75 Å². The van der Waals surface area contributed by atoms with Gasteiger partial charge >= 0.3 is 0 Å². The number of benzene rings is 3. The van der Waals surface area contributed by atoms with Gasteiger partial charge in [-0.1, -0.05) is 48.2 Å². The number of aryl methyl sites for hydroxylation is 1. The molecule has 3 aromatic carbocycles. The number of rotatable bonds is 8. The van der Waals surface area contributed by atoms with Crippen LogP contribution in [0.1, 0.15) is 12.0 Å². The van der Waals surface area contributed by atoms with Crippen molar-refractivity contribution >= 4 is 33.4 Å². The number of thioether (sulfide) groups is 1. The Hall–Kier alpha value is -3.67. The molecule has 5 rings (SSSR count). The second-order valence-electron chi connectivity index (χ2n) is 9.22. The summed E-state index contributed by atoms with van der Waals surface area (Å²) in [6.45, 7) is 0.678. The normalized spacial score (nSPS) is 13.4. The number of carbonyl (C=O) groups excluding carboxylic acids is 1. The van der Waals surface area contributed by atoms with Crippen LogP contribution in [0, 0.1) is 0 Å². The van der Waals surface area contributed by atoms with Crippen LogP contribution < -0.4 is 9.64 Å². The quantitative estimate of drug-likeness (QED) is 0.296. The summed E-state index contributed by atoms with van der Waals surface area (Å²) >= 11 is 1.29. The van der Waals surface area contributed by atoms with E-state index >= 15 is 0 Å². The van der Waals surface area contributed by atoms with Gasteiger partial charge in [-0.05, 0) is 48.7 Å². The van der Waals surface area contributed by atoms with Crippen molar-refractivity contribution in [3.63, 3.8) is 0 Å². The third kappa shape index (κ3) is 5.42. The van der Waals surface area contributed by atoms with Gasteiger partial charge in [0, 0.05) is 38.0 Å². The van der Waals surface area contributed by atoms with Gasteiger partial charge in [-0.3, -0.25) is 9.36 Å². The lowest BCUT2D eigenvalue weighted by Gasteiger charge is -2.29. The number of nitrogens with zero attached hydrogens (tertiary/aromatic N) is 5. The molecule has 0 saturated heterocycles. The van der Waals surface area contributed by atoms with Gasteiger partial charge in [0.15, 0.2) is 11.0 Å². The van der Waals surface area contributed by atoms with Crippen LogP contribution in [0.4, 0.5) is 5.69 Å². The molecule has 39 heavy (non-hydrogen) atoms. The van der Waals surface area contributed by atoms with Crippen molar-refractivity contribution in [3.05, 3.63) is 78.4 Å². The van der Waals surface area contributed by atoms with E-state index in [2.05, 4.69) is 16.3 Å². The second kappa shape index (κ2) is 11.2. The molecule has 0 atom stereocenters. The summed E-state index contributed by atoms with van der Waals surface area (Å²) in [5.41, 5.74) is 3.45. The number of carbonyl (C=O) groups is 1. The Morgan fingerprint density at radius 3 is 2.62 bits per heavy atom. The van der Waals surface area contributed by atoms with Crippen molar-refractivity contribution in [1.29, 1.82) is 0 Å². The molecule has 2 heterocycles. The van der Waals surface area contributed by atoms with Gasteiger partial charge in [0.05, 0.1) is 23.4 Å². The fourth-order valence-electron chi connectivity index (χ4n) is 4.54. The number of para-hydroxylation sites is 1. The van der Waals surface area contributed by atoms with Gasteiger partial charge in [-0.15, -0.1) is 10.2 Å². The first-order chi connectivity index (χ1) is 18.8. The highest BCUT2D eigenvalue weighted by molar-refractivity contribution is 7.99. The highest BCUT2D eigenvalue weighted by atomic mass is 32.2. The molecule has 1 aliphatic heterocycles. The molecule has 0 saturated carbocycles. The summed E-state index contributed by atoms with van der Waals surface area (Å²) in [6, 6.07) is 22.0. The Kier molecular flexibility index (Phi) is 7.74. The third-order valence-corrected chi connectivity index (χ3v) is 9.28. The van der Waals surface area contributed by atoms with Crippen LogP contribution >= 0.6 is 11.8 Å². The van der Waals surface area contributed by atoms with E-state index in [4.69, 9.17) is 4.74 Å². The summed E-state index contributed by atoms with van der Waals surface area (Å²) in [7, 11) is 0.930. The van der Waals surface area contributed by atoms with E-state index in [9.17, 15) is 13.2 Å². The average molecular weight is 564 g/mol. The Morgan fingerprint density at radius 2 is 1.82 bits per heavy atom. The number of aromatic nitrogens is 3. The van der Waals surface area contributed by atoms with Gasteiger partial charge in [-0.25, -0.2) is 12.7 Å². The zero-order valence-corrected chi connectivity index (χ0v) is 23.6. The lowest BCUT2D eigenvalue weighted by Crippen LogP contribution is -2.36. The highest BCUT2D eigenvalue weighted by Gasteiger charge is 2.25. The maximum Gasteiger partial charge on any atom is 0.242 e. The fraction of sp³-hybridized carbons (Fsp3) is 0.250. The molecular formula is C28H29N5O4S2. The molecule has 11 heteroatoms. The summed E-state index contributed by atoms with van der Waals surface area (Å²) < 4.78 is 34.0. The van der Waals surface area contributed by atoms with Gasteiger partial charge < -0.3 is 9.64 Å². The highest BCUT2D eigenvalue weighted by Crippen LogP contribution is 2.32. The van der Waals surface area contributed by atoms with Crippen molar-refractivity contribution in [2.75, 3.05) is 38.4 Å². The smallest absolute Gasteiger partial charge is 0.242 e. The van der Waals surface area contributed by atoms with Crippen molar-refractivity contribution in [2.24, 2.45) is 0 Å². The lowest BCUT2D eigenvalue weighted by molar-refractivity contribution is -0.116. The number of anilines is 1. The molecule has 1 aliphatic rings. The maximum absolute atomic E-state index is 13.3. The molecule has 0 radical (unpaired) electrons. The molecule has 0 fully saturated rings. The van der Waals surface area contributed by atoms with E-state index in [1.807, 2.05) is 51.9 Å². The molecule has 0 N–H and O–H groups in total. The minimum Gasteiger partial charge on any atom is -0.497 e. The van der Waals surface area contributed by atoms with Crippen LogP contribution in [0.15, 0.2) is 82.8 Å². The van der Waals surface area contributed by atoms with Gasteiger partial charge in [-0.2, -0.15) is 0 Å². The average Bonchev–Trinajstić information content (AvgIpc) is 3.39. The van der Waals surface area contributed by atoms with E-state index in [1.54, 1.807) is 31.4 Å². The molecule has 202 valence electrons. The van der Waals surface area contributed by atoms with E-state index in [-0.39, 0.29) is 16.6 Å².